The van der Waals surface area contributed by atoms with Gasteiger partial charge in [0.1, 0.15) is 0 Å². The topological polar surface area (TPSA) is 20.3 Å². The SMILES string of the molecule is CN(C(=O)Cl)C(Cl)(Cl)Cl. The number of nitrogens with zero attached hydrogens (tertiary/aromatic N) is 1. The van der Waals surface area contributed by atoms with E-state index in [0.29, 0.717) is 0 Å². The summed E-state index contributed by atoms with van der Waals surface area (Å²) in [6.45, 7) is 0. The first-order chi connectivity index (χ1) is 3.85. The molecule has 0 radical (unpaired) electrons. The van der Waals surface area contributed by atoms with Crippen LogP contribution in [0.2, 0.25) is 0 Å². The molecule has 0 atom stereocenters. The van der Waals surface area contributed by atoms with Crippen LogP contribution >= 0.6 is 46.4 Å². The molecule has 0 saturated heterocycles. The Kier molecular flexibility index (Phi) is 3.37. The number of rotatable bonds is 0. The maximum Gasteiger partial charge on any atom is 0.319 e. The summed E-state index contributed by atoms with van der Waals surface area (Å²) >= 11 is 20.6. The first-order valence-corrected chi connectivity index (χ1v) is 3.37. The molecule has 0 fully saturated rings. The van der Waals surface area contributed by atoms with Gasteiger partial charge >= 0.3 is 5.37 Å². The molecule has 2 nitrogen and oxygen atoms in total. The quantitative estimate of drug-likeness (QED) is 0.342. The first-order valence-electron chi connectivity index (χ1n) is 1.85. The summed E-state index contributed by atoms with van der Waals surface area (Å²) < 4.78 is -1.75. The van der Waals surface area contributed by atoms with E-state index in [1.165, 1.54) is 7.05 Å². The van der Waals surface area contributed by atoms with Crippen LogP contribution in [0.3, 0.4) is 0 Å². The number of hydrogen-bond acceptors (Lipinski definition) is 1. The van der Waals surface area contributed by atoms with Gasteiger partial charge in [-0.25, -0.2) is 0 Å². The van der Waals surface area contributed by atoms with E-state index in [-0.39, 0.29) is 0 Å². The molecule has 0 aromatic carbocycles. The lowest BCUT2D eigenvalue weighted by molar-refractivity contribution is 0.232. The van der Waals surface area contributed by atoms with Crippen molar-refractivity contribution in [2.75, 3.05) is 7.05 Å². The molecule has 0 heterocycles. The number of amides is 1. The van der Waals surface area contributed by atoms with Gasteiger partial charge < -0.3 is 0 Å². The van der Waals surface area contributed by atoms with Gasteiger partial charge in [-0.1, -0.05) is 34.8 Å². The van der Waals surface area contributed by atoms with Gasteiger partial charge in [-0.2, -0.15) is 0 Å². The predicted molar refractivity (Wildman–Crippen MR) is 39.3 cm³/mol. The second kappa shape index (κ2) is 3.15. The monoisotopic (exact) mass is 209 g/mol. The van der Waals surface area contributed by atoms with Gasteiger partial charge in [0, 0.05) is 7.05 Å². The molecule has 0 aliphatic rings. The smallest absolute Gasteiger partial charge is 0.288 e. The van der Waals surface area contributed by atoms with Crippen LogP contribution in [-0.2, 0) is 0 Å². The average Bonchev–Trinajstić information content (AvgIpc) is 1.62. The first kappa shape index (κ1) is 9.63. The fraction of sp³-hybridized carbons (Fsp3) is 0.667. The highest BCUT2D eigenvalue weighted by Crippen LogP contribution is 2.29. The van der Waals surface area contributed by atoms with E-state index >= 15 is 0 Å². The highest BCUT2D eigenvalue weighted by Gasteiger charge is 2.28. The molecule has 0 N–H and O–H groups in total. The Balaban J connectivity index is 4.04. The van der Waals surface area contributed by atoms with Gasteiger partial charge in [-0.15, -0.1) is 0 Å². The zero-order valence-electron chi connectivity index (χ0n) is 4.37. The maximum atomic E-state index is 10.2. The van der Waals surface area contributed by atoms with Crippen LogP contribution in [0.4, 0.5) is 4.79 Å². The Morgan fingerprint density at radius 1 is 1.44 bits per heavy atom. The third-order valence-electron chi connectivity index (χ3n) is 0.644. The Bertz CT molecular complexity index is 119. The van der Waals surface area contributed by atoms with Crippen molar-refractivity contribution >= 4 is 51.8 Å². The van der Waals surface area contributed by atoms with Crippen molar-refractivity contribution < 1.29 is 4.79 Å². The summed E-state index contributed by atoms with van der Waals surface area (Å²) in [4.78, 5) is 11.0. The third-order valence-corrected chi connectivity index (χ3v) is 1.66. The molecular formula is C3H3Cl4NO. The van der Waals surface area contributed by atoms with Crippen LogP contribution in [0.5, 0.6) is 0 Å². The zero-order chi connectivity index (χ0) is 7.65. The lowest BCUT2D eigenvalue weighted by atomic mass is 10.9. The molecule has 54 valence electrons. The predicted octanol–water partition coefficient (Wildman–Crippen LogP) is 2.60. The molecule has 0 aliphatic heterocycles. The van der Waals surface area contributed by atoms with Gasteiger partial charge in [0.25, 0.3) is 3.92 Å². The van der Waals surface area contributed by atoms with Crippen LogP contribution in [-0.4, -0.2) is 21.2 Å². The van der Waals surface area contributed by atoms with Crippen molar-refractivity contribution in [3.05, 3.63) is 0 Å². The van der Waals surface area contributed by atoms with Gasteiger partial charge in [0.2, 0.25) is 0 Å². The number of carbonyl (C=O) groups is 1. The summed E-state index contributed by atoms with van der Waals surface area (Å²) in [5.41, 5.74) is 0. The normalized spacial score (nSPS) is 11.2. The highest BCUT2D eigenvalue weighted by atomic mass is 35.6. The lowest BCUT2D eigenvalue weighted by Gasteiger charge is -2.21. The summed E-state index contributed by atoms with van der Waals surface area (Å²) in [5.74, 6) is 0. The van der Waals surface area contributed by atoms with Gasteiger partial charge in [0.15, 0.2) is 0 Å². The molecule has 0 aromatic rings. The summed E-state index contributed by atoms with van der Waals surface area (Å²) in [5, 5.41) is -0.810. The van der Waals surface area contributed by atoms with Crippen molar-refractivity contribution in [1.29, 1.82) is 0 Å². The van der Waals surface area contributed by atoms with Crippen molar-refractivity contribution in [3.8, 4) is 0 Å². The van der Waals surface area contributed by atoms with Gasteiger partial charge in [0.05, 0.1) is 0 Å². The van der Waals surface area contributed by atoms with E-state index in [1.807, 2.05) is 0 Å². The second-order valence-electron chi connectivity index (χ2n) is 1.28. The molecule has 0 rings (SSSR count). The van der Waals surface area contributed by atoms with E-state index in [0.717, 1.165) is 4.90 Å². The number of alkyl halides is 3. The third kappa shape index (κ3) is 3.36. The molecule has 0 saturated carbocycles. The van der Waals surface area contributed by atoms with E-state index < -0.39 is 9.28 Å². The molecule has 6 heteroatoms. The van der Waals surface area contributed by atoms with Gasteiger partial charge in [-0.3, -0.25) is 9.69 Å². The van der Waals surface area contributed by atoms with Crippen LogP contribution in [0, 0.1) is 0 Å². The van der Waals surface area contributed by atoms with Gasteiger partial charge in [-0.05, 0) is 11.6 Å². The van der Waals surface area contributed by atoms with Crippen LogP contribution in [0.25, 0.3) is 0 Å². The summed E-state index contributed by atoms with van der Waals surface area (Å²) in [7, 11) is 1.28. The molecule has 0 aromatic heterocycles. The Morgan fingerprint density at radius 2 is 1.78 bits per heavy atom. The minimum Gasteiger partial charge on any atom is -0.288 e. The van der Waals surface area contributed by atoms with Crippen LogP contribution in [0.1, 0.15) is 0 Å². The number of carbonyl (C=O) groups excluding carboxylic acids is 1. The molecule has 9 heavy (non-hydrogen) atoms. The Morgan fingerprint density at radius 3 is 1.78 bits per heavy atom. The fourth-order valence-corrected chi connectivity index (χ4v) is 0.587. The van der Waals surface area contributed by atoms with Crippen molar-refractivity contribution in [1.82, 2.24) is 4.90 Å². The van der Waals surface area contributed by atoms with Crippen LogP contribution < -0.4 is 0 Å². The largest absolute Gasteiger partial charge is 0.319 e. The molecule has 1 amide bonds. The summed E-state index contributed by atoms with van der Waals surface area (Å²) in [6, 6.07) is 0. The lowest BCUT2D eigenvalue weighted by Crippen LogP contribution is -2.33. The van der Waals surface area contributed by atoms with E-state index in [9.17, 15) is 4.79 Å². The minimum absolute atomic E-state index is 0.777. The molecule has 0 unspecified atom stereocenters. The van der Waals surface area contributed by atoms with E-state index in [2.05, 4.69) is 0 Å². The number of hydrogen-bond donors (Lipinski definition) is 0. The Hall–Kier alpha value is 0.630. The fourth-order valence-electron chi connectivity index (χ4n) is 0.0997. The minimum atomic E-state index is -1.75. The standard InChI is InChI=1S/C3H3Cl4NO/c1-8(2(4)9)3(5,6)7/h1H3. The molecule has 0 aliphatic carbocycles. The summed E-state index contributed by atoms with van der Waals surface area (Å²) in [6.07, 6.45) is 0. The molecular weight excluding hydrogens is 208 g/mol. The number of halogens is 4. The van der Waals surface area contributed by atoms with Crippen molar-refractivity contribution in [2.45, 2.75) is 3.92 Å². The second-order valence-corrected chi connectivity index (χ2v) is 3.82. The molecule has 0 bridgehead atoms. The average molecular weight is 211 g/mol. The van der Waals surface area contributed by atoms with E-state index in [4.69, 9.17) is 46.4 Å². The molecule has 0 spiro atoms. The van der Waals surface area contributed by atoms with Crippen molar-refractivity contribution in [2.24, 2.45) is 0 Å². The Labute approximate surface area is 72.6 Å². The zero-order valence-corrected chi connectivity index (χ0v) is 7.39. The highest BCUT2D eigenvalue weighted by molar-refractivity contribution is 6.71. The maximum absolute atomic E-state index is 10.2. The van der Waals surface area contributed by atoms with Crippen LogP contribution in [0.15, 0.2) is 0 Å². The van der Waals surface area contributed by atoms with Crippen molar-refractivity contribution in [3.63, 3.8) is 0 Å². The van der Waals surface area contributed by atoms with E-state index in [1.54, 1.807) is 0 Å².